The van der Waals surface area contributed by atoms with Crippen molar-refractivity contribution in [3.8, 4) is 5.75 Å². The van der Waals surface area contributed by atoms with E-state index in [4.69, 9.17) is 4.74 Å². The number of anilines is 1. The maximum Gasteiger partial charge on any atom is 0.242 e. The maximum absolute atomic E-state index is 12.5. The van der Waals surface area contributed by atoms with E-state index in [0.717, 1.165) is 30.8 Å². The molecule has 4 heteroatoms. The molecule has 122 valence electrons. The summed E-state index contributed by atoms with van der Waals surface area (Å²) in [6, 6.07) is 8.20. The molecule has 0 aliphatic heterocycles. The van der Waals surface area contributed by atoms with Gasteiger partial charge >= 0.3 is 0 Å². The second-order valence-electron chi connectivity index (χ2n) is 5.78. The van der Waals surface area contributed by atoms with Crippen molar-refractivity contribution < 1.29 is 9.53 Å². The van der Waals surface area contributed by atoms with E-state index >= 15 is 0 Å². The van der Waals surface area contributed by atoms with Crippen LogP contribution in [0, 0.1) is 0 Å². The quantitative estimate of drug-likeness (QED) is 0.835. The summed E-state index contributed by atoms with van der Waals surface area (Å²) >= 11 is 0. The van der Waals surface area contributed by atoms with Crippen molar-refractivity contribution >= 4 is 11.6 Å². The summed E-state index contributed by atoms with van der Waals surface area (Å²) in [6.07, 6.45) is 6.12. The van der Waals surface area contributed by atoms with E-state index in [0.29, 0.717) is 19.2 Å². The van der Waals surface area contributed by atoms with Gasteiger partial charge in [0.1, 0.15) is 5.75 Å². The van der Waals surface area contributed by atoms with Crippen LogP contribution < -0.4 is 10.1 Å². The highest BCUT2D eigenvalue weighted by Crippen LogP contribution is 2.22. The van der Waals surface area contributed by atoms with Crippen LogP contribution in [-0.4, -0.2) is 36.5 Å². The summed E-state index contributed by atoms with van der Waals surface area (Å²) in [5.41, 5.74) is 0.955. The summed E-state index contributed by atoms with van der Waals surface area (Å²) in [7, 11) is 0. The minimum absolute atomic E-state index is 0.197. The molecule has 1 N–H and O–H groups in total. The van der Waals surface area contributed by atoms with Gasteiger partial charge in [0, 0.05) is 18.3 Å². The van der Waals surface area contributed by atoms with Crippen molar-refractivity contribution in [2.45, 2.75) is 52.0 Å². The van der Waals surface area contributed by atoms with Crippen molar-refractivity contribution in [2.24, 2.45) is 0 Å². The first-order chi connectivity index (χ1) is 10.7. The van der Waals surface area contributed by atoms with Crippen LogP contribution in [0.25, 0.3) is 0 Å². The zero-order valence-electron chi connectivity index (χ0n) is 13.8. The first-order valence-electron chi connectivity index (χ1n) is 8.50. The predicted molar refractivity (Wildman–Crippen MR) is 90.4 cm³/mol. The summed E-state index contributed by atoms with van der Waals surface area (Å²) < 4.78 is 5.42. The topological polar surface area (TPSA) is 41.6 Å². The van der Waals surface area contributed by atoms with Gasteiger partial charge in [-0.1, -0.05) is 19.3 Å². The Morgan fingerprint density at radius 1 is 1.18 bits per heavy atom. The minimum Gasteiger partial charge on any atom is -0.494 e. The van der Waals surface area contributed by atoms with Gasteiger partial charge in [0.05, 0.1) is 13.2 Å². The molecule has 1 saturated carbocycles. The van der Waals surface area contributed by atoms with Crippen molar-refractivity contribution in [3.05, 3.63) is 24.3 Å². The molecule has 0 bridgehead atoms. The molecule has 22 heavy (non-hydrogen) atoms. The molecule has 1 aromatic rings. The first-order valence-corrected chi connectivity index (χ1v) is 8.50. The highest BCUT2D eigenvalue weighted by atomic mass is 16.5. The van der Waals surface area contributed by atoms with Gasteiger partial charge in [0.25, 0.3) is 0 Å². The molecule has 1 aromatic carbocycles. The van der Waals surface area contributed by atoms with Gasteiger partial charge in [-0.05, 0) is 51.0 Å². The molecule has 4 nitrogen and oxygen atoms in total. The third-order valence-electron chi connectivity index (χ3n) is 4.29. The van der Waals surface area contributed by atoms with Gasteiger partial charge in [0.2, 0.25) is 5.91 Å². The van der Waals surface area contributed by atoms with Crippen LogP contribution in [0.15, 0.2) is 24.3 Å². The number of carbonyl (C=O) groups is 1. The van der Waals surface area contributed by atoms with Crippen molar-refractivity contribution in [1.82, 2.24) is 4.90 Å². The van der Waals surface area contributed by atoms with E-state index in [1.807, 2.05) is 36.1 Å². The number of rotatable bonds is 7. The molecule has 1 aliphatic carbocycles. The lowest BCUT2D eigenvalue weighted by atomic mass is 9.94. The minimum atomic E-state index is 0.197. The average Bonchev–Trinajstić information content (AvgIpc) is 2.56. The Kier molecular flexibility index (Phi) is 6.56. The summed E-state index contributed by atoms with van der Waals surface area (Å²) in [5.74, 6) is 1.06. The Morgan fingerprint density at radius 3 is 2.45 bits per heavy atom. The molecular weight excluding hydrogens is 276 g/mol. The van der Waals surface area contributed by atoms with E-state index in [1.54, 1.807) is 0 Å². The van der Waals surface area contributed by atoms with Crippen LogP contribution >= 0.6 is 0 Å². The molecule has 0 saturated heterocycles. The molecular formula is C18H28N2O2. The van der Waals surface area contributed by atoms with Gasteiger partial charge in [0.15, 0.2) is 0 Å². The second kappa shape index (κ2) is 8.66. The third-order valence-corrected chi connectivity index (χ3v) is 4.29. The van der Waals surface area contributed by atoms with Gasteiger partial charge in [-0.3, -0.25) is 4.79 Å². The van der Waals surface area contributed by atoms with E-state index in [-0.39, 0.29) is 5.91 Å². The molecule has 0 unspecified atom stereocenters. The fraction of sp³-hybridized carbons (Fsp3) is 0.611. The van der Waals surface area contributed by atoms with E-state index in [9.17, 15) is 4.79 Å². The number of amides is 1. The molecule has 0 radical (unpaired) electrons. The lowest BCUT2D eigenvalue weighted by molar-refractivity contribution is -0.132. The number of nitrogens with zero attached hydrogens (tertiary/aromatic N) is 1. The fourth-order valence-corrected chi connectivity index (χ4v) is 3.15. The number of ether oxygens (including phenoxy) is 1. The maximum atomic E-state index is 12.5. The lowest BCUT2D eigenvalue weighted by Crippen LogP contribution is -2.43. The number of benzene rings is 1. The Morgan fingerprint density at radius 2 is 1.86 bits per heavy atom. The predicted octanol–water partition coefficient (Wildman–Crippen LogP) is 3.68. The van der Waals surface area contributed by atoms with Crippen LogP contribution in [0.1, 0.15) is 46.0 Å². The first kappa shape index (κ1) is 16.7. The zero-order valence-corrected chi connectivity index (χ0v) is 13.8. The number of hydrogen-bond acceptors (Lipinski definition) is 3. The highest BCUT2D eigenvalue weighted by Gasteiger charge is 2.23. The molecule has 0 atom stereocenters. The van der Waals surface area contributed by atoms with E-state index in [2.05, 4.69) is 12.2 Å². The van der Waals surface area contributed by atoms with Crippen LogP contribution in [0.4, 0.5) is 5.69 Å². The van der Waals surface area contributed by atoms with Gasteiger partial charge in [-0.25, -0.2) is 0 Å². The van der Waals surface area contributed by atoms with Crippen LogP contribution in [0.3, 0.4) is 0 Å². The van der Waals surface area contributed by atoms with E-state index in [1.165, 1.54) is 19.3 Å². The largest absolute Gasteiger partial charge is 0.494 e. The molecule has 2 rings (SSSR count). The summed E-state index contributed by atoms with van der Waals surface area (Å²) in [4.78, 5) is 14.5. The standard InChI is InChI=1S/C18H28N2O2/c1-3-20(16-8-6-5-7-9-16)18(21)14-19-15-10-12-17(13-11-15)22-4-2/h10-13,16,19H,3-9,14H2,1-2H3. The number of hydrogen-bond donors (Lipinski definition) is 1. The molecule has 0 aromatic heterocycles. The number of nitrogens with one attached hydrogen (secondary N) is 1. The van der Waals surface area contributed by atoms with Gasteiger partial charge in [-0.15, -0.1) is 0 Å². The Balaban J connectivity index is 1.84. The zero-order chi connectivity index (χ0) is 15.8. The van der Waals surface area contributed by atoms with Crippen LogP contribution in [-0.2, 0) is 4.79 Å². The van der Waals surface area contributed by atoms with Gasteiger partial charge < -0.3 is 15.0 Å². The molecule has 1 fully saturated rings. The average molecular weight is 304 g/mol. The van der Waals surface area contributed by atoms with Crippen LogP contribution in [0.2, 0.25) is 0 Å². The molecule has 1 amide bonds. The Hall–Kier alpha value is -1.71. The molecule has 0 spiro atoms. The lowest BCUT2D eigenvalue weighted by Gasteiger charge is -2.33. The van der Waals surface area contributed by atoms with Crippen molar-refractivity contribution in [2.75, 3.05) is 25.0 Å². The molecule has 0 heterocycles. The summed E-state index contributed by atoms with van der Waals surface area (Å²) in [5, 5.41) is 3.22. The third kappa shape index (κ3) is 4.65. The highest BCUT2D eigenvalue weighted by molar-refractivity contribution is 5.81. The van der Waals surface area contributed by atoms with Crippen molar-refractivity contribution in [3.63, 3.8) is 0 Å². The monoisotopic (exact) mass is 304 g/mol. The van der Waals surface area contributed by atoms with Crippen LogP contribution in [0.5, 0.6) is 5.75 Å². The second-order valence-corrected chi connectivity index (χ2v) is 5.78. The molecule has 1 aliphatic rings. The van der Waals surface area contributed by atoms with Gasteiger partial charge in [-0.2, -0.15) is 0 Å². The SMILES string of the molecule is CCOc1ccc(NCC(=O)N(CC)C2CCCCC2)cc1. The smallest absolute Gasteiger partial charge is 0.242 e. The Labute approximate surface area is 133 Å². The fourth-order valence-electron chi connectivity index (χ4n) is 3.15. The number of carbonyl (C=O) groups excluding carboxylic acids is 1. The Bertz CT molecular complexity index is 453. The summed E-state index contributed by atoms with van der Waals surface area (Å²) in [6.45, 7) is 5.86. The normalized spacial score (nSPS) is 15.4. The van der Waals surface area contributed by atoms with Crippen molar-refractivity contribution in [1.29, 1.82) is 0 Å². The van der Waals surface area contributed by atoms with E-state index < -0.39 is 0 Å². The number of likely N-dealkylation sites (N-methyl/N-ethyl adjacent to an activating group) is 1.